The van der Waals surface area contributed by atoms with Gasteiger partial charge in [0, 0.05) is 18.3 Å². The molecule has 98 valence electrons. The van der Waals surface area contributed by atoms with Gasteiger partial charge in [-0.05, 0) is 42.6 Å². The fourth-order valence-electron chi connectivity index (χ4n) is 2.33. The van der Waals surface area contributed by atoms with Gasteiger partial charge in [0.25, 0.3) is 0 Å². The fourth-order valence-corrected chi connectivity index (χ4v) is 4.79. The van der Waals surface area contributed by atoms with Crippen LogP contribution in [0.2, 0.25) is 0 Å². The third-order valence-corrected chi connectivity index (χ3v) is 6.45. The fraction of sp³-hybridized carbons (Fsp3) is 0.923. The van der Waals surface area contributed by atoms with Gasteiger partial charge >= 0.3 is 0 Å². The van der Waals surface area contributed by atoms with Crippen LogP contribution >= 0.6 is 23.5 Å². The molecule has 1 saturated heterocycles. The second kappa shape index (κ2) is 6.37. The van der Waals surface area contributed by atoms with Gasteiger partial charge in [0.2, 0.25) is 0 Å². The molecule has 4 heteroatoms. The van der Waals surface area contributed by atoms with Crippen molar-refractivity contribution in [2.24, 2.45) is 10.4 Å². The molecule has 2 aliphatic heterocycles. The third-order valence-electron chi connectivity index (χ3n) is 4.12. The number of amidine groups is 1. The van der Waals surface area contributed by atoms with Crippen LogP contribution in [0.15, 0.2) is 4.99 Å². The minimum absolute atomic E-state index is 0.470. The van der Waals surface area contributed by atoms with Crippen LogP contribution in [0.25, 0.3) is 0 Å². The van der Waals surface area contributed by atoms with E-state index in [0.717, 1.165) is 6.54 Å². The smallest absolute Gasteiger partial charge is 0.156 e. The number of aliphatic imine (C=N–C) groups is 1. The van der Waals surface area contributed by atoms with Crippen molar-refractivity contribution in [1.82, 2.24) is 5.32 Å². The maximum absolute atomic E-state index is 4.78. The number of nitrogens with one attached hydrogen (secondary N) is 1. The molecule has 0 bridgehead atoms. The molecule has 0 radical (unpaired) electrons. The number of nitrogens with zero attached hydrogens (tertiary/aromatic N) is 1. The lowest BCUT2D eigenvalue weighted by Gasteiger charge is -2.34. The minimum Gasteiger partial charge on any atom is -0.362 e. The van der Waals surface area contributed by atoms with Gasteiger partial charge in [-0.3, -0.25) is 4.99 Å². The lowest BCUT2D eigenvalue weighted by Crippen LogP contribution is -2.40. The van der Waals surface area contributed by atoms with Crippen molar-refractivity contribution in [3.8, 4) is 0 Å². The number of hydrogen-bond donors (Lipinski definition) is 1. The number of rotatable bonds is 3. The maximum Gasteiger partial charge on any atom is 0.156 e. The van der Waals surface area contributed by atoms with E-state index in [1.54, 1.807) is 0 Å². The monoisotopic (exact) mass is 272 g/mol. The van der Waals surface area contributed by atoms with E-state index in [1.807, 2.05) is 11.8 Å². The molecule has 2 heterocycles. The van der Waals surface area contributed by atoms with Crippen molar-refractivity contribution in [2.75, 3.05) is 23.8 Å². The Morgan fingerprint density at radius 2 is 2.00 bits per heavy atom. The highest BCUT2D eigenvalue weighted by molar-refractivity contribution is 8.13. The van der Waals surface area contributed by atoms with Crippen LogP contribution in [-0.2, 0) is 0 Å². The molecule has 17 heavy (non-hydrogen) atoms. The van der Waals surface area contributed by atoms with Crippen molar-refractivity contribution in [3.63, 3.8) is 0 Å². The zero-order chi connectivity index (χ0) is 12.1. The Balaban J connectivity index is 1.85. The largest absolute Gasteiger partial charge is 0.362 e. The van der Waals surface area contributed by atoms with E-state index < -0.39 is 0 Å². The van der Waals surface area contributed by atoms with Crippen LogP contribution < -0.4 is 5.32 Å². The van der Waals surface area contributed by atoms with E-state index >= 15 is 0 Å². The molecule has 0 aromatic rings. The van der Waals surface area contributed by atoms with Crippen molar-refractivity contribution < 1.29 is 0 Å². The molecule has 0 spiro atoms. The first-order valence-electron chi connectivity index (χ1n) is 6.79. The summed E-state index contributed by atoms with van der Waals surface area (Å²) in [4.78, 5) is 4.78. The molecule has 0 aromatic heterocycles. The van der Waals surface area contributed by atoms with Gasteiger partial charge in [-0.1, -0.05) is 25.6 Å². The predicted octanol–water partition coefficient (Wildman–Crippen LogP) is 3.38. The van der Waals surface area contributed by atoms with Crippen LogP contribution in [-0.4, -0.2) is 35.0 Å². The quantitative estimate of drug-likeness (QED) is 0.852. The zero-order valence-electron chi connectivity index (χ0n) is 11.0. The molecule has 2 rings (SSSR count). The summed E-state index contributed by atoms with van der Waals surface area (Å²) in [7, 11) is 0. The molecular formula is C13H24N2S2. The summed E-state index contributed by atoms with van der Waals surface area (Å²) in [5.41, 5.74) is 0.470. The van der Waals surface area contributed by atoms with Crippen LogP contribution in [0, 0.1) is 5.41 Å². The highest BCUT2D eigenvalue weighted by Crippen LogP contribution is 2.35. The molecule has 0 amide bonds. The summed E-state index contributed by atoms with van der Waals surface area (Å²) in [5, 5.41) is 4.85. The lowest BCUT2D eigenvalue weighted by molar-refractivity contribution is 0.317. The first-order valence-corrected chi connectivity index (χ1v) is 8.93. The normalized spacial score (nSPS) is 25.4. The third kappa shape index (κ3) is 3.57. The predicted molar refractivity (Wildman–Crippen MR) is 81.3 cm³/mol. The zero-order valence-corrected chi connectivity index (χ0v) is 12.6. The van der Waals surface area contributed by atoms with Crippen LogP contribution in [0.3, 0.4) is 0 Å². The van der Waals surface area contributed by atoms with Crippen LogP contribution in [0.1, 0.15) is 39.5 Å². The summed E-state index contributed by atoms with van der Waals surface area (Å²) in [6.07, 6.45) is 5.12. The van der Waals surface area contributed by atoms with Gasteiger partial charge in [-0.25, -0.2) is 0 Å². The minimum atomic E-state index is 0.470. The standard InChI is InChI=1S/C13H24N2S2/c1-3-13(4-2)9-14-12(17-10-13)15-11-5-7-16-8-6-11/h11H,3-10H2,1-2H3,(H,14,15). The highest BCUT2D eigenvalue weighted by Gasteiger charge is 2.30. The Hall–Kier alpha value is 0.170. The summed E-state index contributed by atoms with van der Waals surface area (Å²) in [6.45, 7) is 5.63. The van der Waals surface area contributed by atoms with Gasteiger partial charge in [0.05, 0.1) is 0 Å². The number of thioether (sulfide) groups is 2. The Labute approximate surface area is 114 Å². The summed E-state index contributed by atoms with van der Waals surface area (Å²) >= 11 is 4.03. The van der Waals surface area contributed by atoms with E-state index in [9.17, 15) is 0 Å². The summed E-state index contributed by atoms with van der Waals surface area (Å²) < 4.78 is 0. The average Bonchev–Trinajstić information content (AvgIpc) is 2.41. The van der Waals surface area contributed by atoms with E-state index in [4.69, 9.17) is 4.99 Å². The maximum atomic E-state index is 4.78. The van der Waals surface area contributed by atoms with E-state index in [-0.39, 0.29) is 0 Å². The topological polar surface area (TPSA) is 24.4 Å². The Kier molecular flexibility index (Phi) is 5.10. The van der Waals surface area contributed by atoms with Crippen molar-refractivity contribution in [3.05, 3.63) is 0 Å². The van der Waals surface area contributed by atoms with Crippen molar-refractivity contribution in [2.45, 2.75) is 45.6 Å². The highest BCUT2D eigenvalue weighted by atomic mass is 32.2. The molecule has 0 atom stereocenters. The second-order valence-electron chi connectivity index (χ2n) is 5.15. The van der Waals surface area contributed by atoms with Crippen molar-refractivity contribution in [1.29, 1.82) is 0 Å². The lowest BCUT2D eigenvalue weighted by atomic mass is 9.84. The summed E-state index contributed by atoms with van der Waals surface area (Å²) in [5.74, 6) is 3.86. The first kappa shape index (κ1) is 13.6. The number of hydrogen-bond acceptors (Lipinski definition) is 4. The van der Waals surface area contributed by atoms with Gasteiger partial charge in [0.1, 0.15) is 0 Å². The molecule has 0 aliphatic carbocycles. The molecule has 2 aliphatic rings. The van der Waals surface area contributed by atoms with E-state index in [1.165, 1.54) is 48.1 Å². The van der Waals surface area contributed by atoms with Gasteiger partial charge < -0.3 is 5.32 Å². The van der Waals surface area contributed by atoms with Crippen LogP contribution in [0.4, 0.5) is 0 Å². The molecule has 1 fully saturated rings. The molecule has 1 N–H and O–H groups in total. The van der Waals surface area contributed by atoms with Crippen molar-refractivity contribution >= 4 is 28.7 Å². The molecule has 0 unspecified atom stereocenters. The molecule has 2 nitrogen and oxygen atoms in total. The van der Waals surface area contributed by atoms with Crippen LogP contribution in [0.5, 0.6) is 0 Å². The SMILES string of the molecule is CCC1(CC)CN=C(NC2CCSCC2)SC1. The Morgan fingerprint density at radius 3 is 2.53 bits per heavy atom. The second-order valence-corrected chi connectivity index (χ2v) is 7.34. The average molecular weight is 272 g/mol. The Morgan fingerprint density at radius 1 is 1.29 bits per heavy atom. The van der Waals surface area contributed by atoms with E-state index in [2.05, 4.69) is 30.9 Å². The molecule has 0 aromatic carbocycles. The van der Waals surface area contributed by atoms with Gasteiger partial charge in [0.15, 0.2) is 5.17 Å². The molecule has 0 saturated carbocycles. The summed E-state index contributed by atoms with van der Waals surface area (Å²) in [6, 6.07) is 0.679. The first-order chi connectivity index (χ1) is 8.28. The van der Waals surface area contributed by atoms with Gasteiger partial charge in [-0.15, -0.1) is 0 Å². The van der Waals surface area contributed by atoms with E-state index in [0.29, 0.717) is 11.5 Å². The molecular weight excluding hydrogens is 248 g/mol. The Bertz CT molecular complexity index is 269. The van der Waals surface area contributed by atoms with Gasteiger partial charge in [-0.2, -0.15) is 11.8 Å².